The number of amides is 1. The number of hydrogen-bond donors (Lipinski definition) is 1. The standard InChI is InChI=1S/C26H32N4O2S/c1-18-12-14-22(15-13-18)30-24(19(2)27-25(31)21-9-5-4-6-10-21)28-29-26(30)33-17-20-8-7-11-23(16-20)32-3/h7-8,11-16,19,21H,4-6,9-10,17H2,1-3H3,(H,27,31). The highest BCUT2D eigenvalue weighted by atomic mass is 32.2. The molecule has 1 aliphatic rings. The van der Waals surface area contributed by atoms with Crippen molar-refractivity contribution in [2.45, 2.75) is 62.9 Å². The van der Waals surface area contributed by atoms with Crippen molar-refractivity contribution in [3.8, 4) is 11.4 Å². The lowest BCUT2D eigenvalue weighted by molar-refractivity contribution is -0.126. The van der Waals surface area contributed by atoms with Crippen molar-refractivity contribution < 1.29 is 9.53 Å². The molecule has 1 N–H and O–H groups in total. The molecule has 0 radical (unpaired) electrons. The summed E-state index contributed by atoms with van der Waals surface area (Å²) in [5.74, 6) is 2.57. The van der Waals surface area contributed by atoms with Crippen LogP contribution in [0.2, 0.25) is 0 Å². The van der Waals surface area contributed by atoms with Crippen LogP contribution in [0.5, 0.6) is 5.75 Å². The van der Waals surface area contributed by atoms with Crippen molar-refractivity contribution in [2.24, 2.45) is 5.92 Å². The van der Waals surface area contributed by atoms with Gasteiger partial charge in [-0.1, -0.05) is 60.9 Å². The number of aryl methyl sites for hydroxylation is 1. The Labute approximate surface area is 200 Å². The summed E-state index contributed by atoms with van der Waals surface area (Å²) in [5, 5.41) is 13.0. The number of hydrogen-bond acceptors (Lipinski definition) is 5. The normalized spacial score (nSPS) is 15.2. The lowest BCUT2D eigenvalue weighted by Gasteiger charge is -2.23. The number of benzene rings is 2. The Morgan fingerprint density at radius 1 is 1.15 bits per heavy atom. The Bertz CT molecular complexity index is 1070. The maximum Gasteiger partial charge on any atom is 0.223 e. The van der Waals surface area contributed by atoms with Crippen molar-refractivity contribution in [1.82, 2.24) is 20.1 Å². The quantitative estimate of drug-likeness (QED) is 0.437. The number of rotatable bonds is 8. The number of nitrogens with zero attached hydrogens (tertiary/aromatic N) is 3. The molecule has 1 amide bonds. The van der Waals surface area contributed by atoms with E-state index in [0.717, 1.165) is 59.4 Å². The second-order valence-electron chi connectivity index (χ2n) is 8.72. The smallest absolute Gasteiger partial charge is 0.223 e. The number of carbonyl (C=O) groups is 1. The van der Waals surface area contributed by atoms with Crippen LogP contribution in [0.3, 0.4) is 0 Å². The lowest BCUT2D eigenvalue weighted by atomic mass is 9.88. The maximum absolute atomic E-state index is 12.9. The Hall–Kier alpha value is -2.80. The Morgan fingerprint density at radius 2 is 1.91 bits per heavy atom. The van der Waals surface area contributed by atoms with Crippen molar-refractivity contribution in [1.29, 1.82) is 0 Å². The minimum absolute atomic E-state index is 0.110. The highest BCUT2D eigenvalue weighted by Gasteiger charge is 2.26. The molecule has 1 aromatic heterocycles. The van der Waals surface area contributed by atoms with Gasteiger partial charge in [0.1, 0.15) is 5.75 Å². The molecule has 2 aromatic carbocycles. The lowest BCUT2D eigenvalue weighted by Crippen LogP contribution is -2.34. The first-order valence-corrected chi connectivity index (χ1v) is 12.6. The van der Waals surface area contributed by atoms with Gasteiger partial charge in [-0.2, -0.15) is 0 Å². The van der Waals surface area contributed by atoms with Gasteiger partial charge in [-0.3, -0.25) is 9.36 Å². The molecule has 3 aromatic rings. The van der Waals surface area contributed by atoms with Gasteiger partial charge in [0.15, 0.2) is 11.0 Å². The van der Waals surface area contributed by atoms with Crippen LogP contribution in [0.1, 0.15) is 62.0 Å². The van der Waals surface area contributed by atoms with E-state index in [1.807, 2.05) is 25.1 Å². The first-order chi connectivity index (χ1) is 16.0. The molecule has 0 saturated heterocycles. The van der Waals surface area contributed by atoms with Gasteiger partial charge in [-0.25, -0.2) is 0 Å². The van der Waals surface area contributed by atoms with E-state index < -0.39 is 0 Å². The molecule has 1 aliphatic carbocycles. The molecular weight excluding hydrogens is 432 g/mol. The zero-order chi connectivity index (χ0) is 23.2. The second-order valence-corrected chi connectivity index (χ2v) is 9.66. The highest BCUT2D eigenvalue weighted by Crippen LogP contribution is 2.29. The van der Waals surface area contributed by atoms with E-state index in [1.165, 1.54) is 12.0 Å². The fourth-order valence-electron chi connectivity index (χ4n) is 4.26. The Balaban J connectivity index is 1.57. The summed E-state index contributed by atoms with van der Waals surface area (Å²) in [6, 6.07) is 16.1. The van der Waals surface area contributed by atoms with Crippen LogP contribution in [0, 0.1) is 12.8 Å². The first-order valence-electron chi connectivity index (χ1n) is 11.6. The van der Waals surface area contributed by atoms with Crippen LogP contribution in [0.4, 0.5) is 0 Å². The van der Waals surface area contributed by atoms with E-state index in [4.69, 9.17) is 4.74 Å². The van der Waals surface area contributed by atoms with E-state index in [0.29, 0.717) is 0 Å². The topological polar surface area (TPSA) is 69.0 Å². The number of carbonyl (C=O) groups excluding carboxylic acids is 1. The van der Waals surface area contributed by atoms with Crippen LogP contribution >= 0.6 is 11.8 Å². The monoisotopic (exact) mass is 464 g/mol. The highest BCUT2D eigenvalue weighted by molar-refractivity contribution is 7.98. The molecule has 0 aliphatic heterocycles. The summed E-state index contributed by atoms with van der Waals surface area (Å²) in [7, 11) is 1.68. The molecule has 1 atom stereocenters. The molecule has 6 nitrogen and oxygen atoms in total. The van der Waals surface area contributed by atoms with Crippen molar-refractivity contribution in [3.05, 3.63) is 65.5 Å². The van der Waals surface area contributed by atoms with Crippen LogP contribution in [0.25, 0.3) is 5.69 Å². The summed E-state index contributed by atoms with van der Waals surface area (Å²) in [6.45, 7) is 4.06. The molecule has 1 saturated carbocycles. The SMILES string of the molecule is COc1cccc(CSc2nnc(C(C)NC(=O)C3CCCCC3)n2-c2ccc(C)cc2)c1. The minimum Gasteiger partial charge on any atom is -0.497 e. The Kier molecular flexibility index (Phi) is 7.70. The zero-order valence-corrected chi connectivity index (χ0v) is 20.4. The molecule has 33 heavy (non-hydrogen) atoms. The molecule has 4 rings (SSSR count). The fourth-order valence-corrected chi connectivity index (χ4v) is 5.16. The van der Waals surface area contributed by atoms with Crippen LogP contribution in [0.15, 0.2) is 53.7 Å². The number of thioether (sulfide) groups is 1. The summed E-state index contributed by atoms with van der Waals surface area (Å²) in [4.78, 5) is 12.9. The third-order valence-electron chi connectivity index (χ3n) is 6.17. The minimum atomic E-state index is -0.237. The van der Waals surface area contributed by atoms with E-state index in [2.05, 4.69) is 57.3 Å². The average molecular weight is 465 g/mol. The molecule has 0 spiro atoms. The third-order valence-corrected chi connectivity index (χ3v) is 7.17. The van der Waals surface area contributed by atoms with Crippen LogP contribution in [-0.2, 0) is 10.5 Å². The molecular formula is C26H32N4O2S. The zero-order valence-electron chi connectivity index (χ0n) is 19.6. The second kappa shape index (κ2) is 10.9. The van der Waals surface area contributed by atoms with Gasteiger partial charge in [-0.15, -0.1) is 10.2 Å². The first kappa shape index (κ1) is 23.4. The largest absolute Gasteiger partial charge is 0.497 e. The predicted molar refractivity (Wildman–Crippen MR) is 132 cm³/mol. The van der Waals surface area contributed by atoms with E-state index >= 15 is 0 Å². The van der Waals surface area contributed by atoms with Gasteiger partial charge in [0, 0.05) is 17.4 Å². The van der Waals surface area contributed by atoms with Crippen molar-refractivity contribution in [2.75, 3.05) is 7.11 Å². The number of nitrogens with one attached hydrogen (secondary N) is 1. The average Bonchev–Trinajstić information content (AvgIpc) is 3.28. The van der Waals surface area contributed by atoms with E-state index in [9.17, 15) is 4.79 Å². The van der Waals surface area contributed by atoms with Gasteiger partial charge < -0.3 is 10.1 Å². The molecule has 1 unspecified atom stereocenters. The molecule has 0 bridgehead atoms. The van der Waals surface area contributed by atoms with Gasteiger partial charge in [0.25, 0.3) is 0 Å². The van der Waals surface area contributed by atoms with Crippen LogP contribution < -0.4 is 10.1 Å². The van der Waals surface area contributed by atoms with Gasteiger partial charge in [0.05, 0.1) is 13.2 Å². The van der Waals surface area contributed by atoms with Crippen LogP contribution in [-0.4, -0.2) is 27.8 Å². The molecule has 174 valence electrons. The predicted octanol–water partition coefficient (Wildman–Crippen LogP) is 5.63. The van der Waals surface area contributed by atoms with Gasteiger partial charge >= 0.3 is 0 Å². The molecule has 7 heteroatoms. The molecule has 1 fully saturated rings. The number of methoxy groups -OCH3 is 1. The van der Waals surface area contributed by atoms with Crippen molar-refractivity contribution >= 4 is 17.7 Å². The fraction of sp³-hybridized carbons (Fsp3) is 0.423. The van der Waals surface area contributed by atoms with E-state index in [1.54, 1.807) is 18.9 Å². The number of ether oxygens (including phenoxy) is 1. The summed E-state index contributed by atoms with van der Waals surface area (Å²) in [6.07, 6.45) is 5.46. The third kappa shape index (κ3) is 5.77. The van der Waals surface area contributed by atoms with Gasteiger partial charge in [-0.05, 0) is 56.5 Å². The van der Waals surface area contributed by atoms with E-state index in [-0.39, 0.29) is 17.9 Å². The van der Waals surface area contributed by atoms with Gasteiger partial charge in [0.2, 0.25) is 5.91 Å². The summed E-state index contributed by atoms with van der Waals surface area (Å²) < 4.78 is 7.42. The number of aromatic nitrogens is 3. The molecule has 1 heterocycles. The van der Waals surface area contributed by atoms with Crippen molar-refractivity contribution in [3.63, 3.8) is 0 Å². The summed E-state index contributed by atoms with van der Waals surface area (Å²) in [5.41, 5.74) is 3.34. The Morgan fingerprint density at radius 3 is 2.64 bits per heavy atom. The summed E-state index contributed by atoms with van der Waals surface area (Å²) >= 11 is 1.62. The maximum atomic E-state index is 12.9.